The van der Waals surface area contributed by atoms with Crippen LogP contribution in [0.25, 0.3) is 11.2 Å². The molecule has 0 radical (unpaired) electrons. The van der Waals surface area contributed by atoms with Gasteiger partial charge in [-0.05, 0) is 42.6 Å². The molecule has 2 heterocycles. The molecule has 2 aromatic heterocycles. The molecule has 1 aromatic carbocycles. The van der Waals surface area contributed by atoms with Crippen molar-refractivity contribution in [2.24, 2.45) is 0 Å². The topological polar surface area (TPSA) is 102 Å². The first-order valence-corrected chi connectivity index (χ1v) is 11.0. The molecule has 0 amide bonds. The molecule has 0 atom stereocenters. The molecule has 1 aliphatic rings. The summed E-state index contributed by atoms with van der Waals surface area (Å²) in [6, 6.07) is 6.71. The van der Waals surface area contributed by atoms with Crippen LogP contribution in [0.15, 0.2) is 40.0 Å². The third kappa shape index (κ3) is 3.79. The predicted molar refractivity (Wildman–Crippen MR) is 106 cm³/mol. The Morgan fingerprint density at radius 3 is 2.74 bits per heavy atom. The summed E-state index contributed by atoms with van der Waals surface area (Å²) in [6.45, 7) is 0. The number of hydrazine groups is 1. The molecule has 11 heteroatoms. The third-order valence-corrected chi connectivity index (χ3v) is 6.43. The van der Waals surface area contributed by atoms with E-state index in [2.05, 4.69) is 41.1 Å². The molecule has 27 heavy (non-hydrogen) atoms. The van der Waals surface area contributed by atoms with Crippen LogP contribution >= 0.6 is 27.5 Å². The van der Waals surface area contributed by atoms with Crippen molar-refractivity contribution >= 4 is 54.5 Å². The van der Waals surface area contributed by atoms with Gasteiger partial charge in [0.25, 0.3) is 10.0 Å². The van der Waals surface area contributed by atoms with E-state index in [9.17, 15) is 8.42 Å². The van der Waals surface area contributed by atoms with Gasteiger partial charge in [0.2, 0.25) is 5.28 Å². The summed E-state index contributed by atoms with van der Waals surface area (Å²) in [5.41, 5.74) is 3.68. The molecule has 0 aliphatic heterocycles. The molecular weight excluding hydrogens is 456 g/mol. The Bertz CT molecular complexity index is 1100. The van der Waals surface area contributed by atoms with Gasteiger partial charge in [0.1, 0.15) is 0 Å². The van der Waals surface area contributed by atoms with Crippen molar-refractivity contribution < 1.29 is 8.42 Å². The Morgan fingerprint density at radius 1 is 1.22 bits per heavy atom. The van der Waals surface area contributed by atoms with E-state index in [1.165, 1.54) is 25.0 Å². The number of sulfonamides is 1. The maximum atomic E-state index is 12.5. The van der Waals surface area contributed by atoms with Gasteiger partial charge in [0, 0.05) is 10.5 Å². The van der Waals surface area contributed by atoms with E-state index in [0.717, 1.165) is 12.8 Å². The van der Waals surface area contributed by atoms with Crippen LogP contribution in [0.5, 0.6) is 0 Å². The lowest BCUT2D eigenvalue weighted by molar-refractivity contribution is 0.529. The van der Waals surface area contributed by atoms with E-state index in [-0.39, 0.29) is 16.0 Å². The van der Waals surface area contributed by atoms with Gasteiger partial charge in [-0.3, -0.25) is 5.43 Å². The number of nitrogens with zero attached hydrogens (tertiary/aromatic N) is 4. The summed E-state index contributed by atoms with van der Waals surface area (Å²) < 4.78 is 27.6. The SMILES string of the molecule is O=S(=O)(NNc1nc(Cl)nc2c1ncn2C1CCCC1)c1cccc(Br)c1. The highest BCUT2D eigenvalue weighted by molar-refractivity contribution is 9.10. The highest BCUT2D eigenvalue weighted by Gasteiger charge is 2.22. The van der Waals surface area contributed by atoms with E-state index in [4.69, 9.17) is 11.6 Å². The molecule has 142 valence electrons. The van der Waals surface area contributed by atoms with Gasteiger partial charge >= 0.3 is 0 Å². The lowest BCUT2D eigenvalue weighted by Crippen LogP contribution is -2.30. The van der Waals surface area contributed by atoms with Crippen molar-refractivity contribution in [1.82, 2.24) is 24.4 Å². The molecule has 1 saturated carbocycles. The summed E-state index contributed by atoms with van der Waals surface area (Å²) in [5, 5.41) is 0.0198. The fraction of sp³-hybridized carbons (Fsp3) is 0.312. The first-order valence-electron chi connectivity index (χ1n) is 8.37. The van der Waals surface area contributed by atoms with Gasteiger partial charge in [0.05, 0.1) is 11.2 Å². The molecule has 0 unspecified atom stereocenters. The minimum Gasteiger partial charge on any atom is -0.312 e. The number of benzene rings is 1. The lowest BCUT2D eigenvalue weighted by atomic mass is 10.2. The number of imidazole rings is 1. The Kier molecular flexibility index (Phi) is 5.06. The molecule has 1 aliphatic carbocycles. The molecule has 1 fully saturated rings. The van der Waals surface area contributed by atoms with Gasteiger partial charge in [-0.2, -0.15) is 9.97 Å². The van der Waals surface area contributed by atoms with Crippen molar-refractivity contribution in [1.29, 1.82) is 0 Å². The summed E-state index contributed by atoms with van der Waals surface area (Å²) in [5.74, 6) is 0.209. The van der Waals surface area contributed by atoms with Crippen LogP contribution < -0.4 is 10.3 Å². The predicted octanol–water partition coefficient (Wildman–Crippen LogP) is 3.66. The number of rotatable bonds is 5. The van der Waals surface area contributed by atoms with Crippen LogP contribution in [0.4, 0.5) is 5.82 Å². The number of aromatic nitrogens is 4. The van der Waals surface area contributed by atoms with Gasteiger partial charge in [-0.25, -0.2) is 13.4 Å². The Morgan fingerprint density at radius 2 is 2.00 bits per heavy atom. The van der Waals surface area contributed by atoms with Crippen molar-refractivity contribution in [3.8, 4) is 0 Å². The highest BCUT2D eigenvalue weighted by atomic mass is 79.9. The van der Waals surface area contributed by atoms with E-state index in [1.807, 2.05) is 4.57 Å². The number of hydrogen-bond acceptors (Lipinski definition) is 6. The van der Waals surface area contributed by atoms with Crippen molar-refractivity contribution in [2.45, 2.75) is 36.6 Å². The monoisotopic (exact) mass is 470 g/mol. The Balaban J connectivity index is 1.64. The van der Waals surface area contributed by atoms with Crippen LogP contribution in [0, 0.1) is 0 Å². The van der Waals surface area contributed by atoms with Gasteiger partial charge < -0.3 is 4.57 Å². The minimum atomic E-state index is -3.80. The van der Waals surface area contributed by atoms with Crippen LogP contribution in [0.2, 0.25) is 5.28 Å². The molecular formula is C16H16BrClN6O2S. The molecule has 0 spiro atoms. The summed E-state index contributed by atoms with van der Waals surface area (Å²) in [6.07, 6.45) is 6.16. The molecule has 2 N–H and O–H groups in total. The first-order chi connectivity index (χ1) is 12.9. The van der Waals surface area contributed by atoms with Crippen molar-refractivity contribution in [3.63, 3.8) is 0 Å². The maximum absolute atomic E-state index is 12.5. The number of fused-ring (bicyclic) bond motifs is 1. The lowest BCUT2D eigenvalue weighted by Gasteiger charge is -2.12. The van der Waals surface area contributed by atoms with E-state index >= 15 is 0 Å². The molecule has 8 nitrogen and oxygen atoms in total. The fourth-order valence-electron chi connectivity index (χ4n) is 3.24. The first kappa shape index (κ1) is 18.6. The zero-order chi connectivity index (χ0) is 19.0. The number of halogens is 2. The average Bonchev–Trinajstić information content (AvgIpc) is 3.29. The average molecular weight is 472 g/mol. The van der Waals surface area contributed by atoms with Crippen LogP contribution in [0.3, 0.4) is 0 Å². The molecule has 4 rings (SSSR count). The second kappa shape index (κ2) is 7.34. The highest BCUT2D eigenvalue weighted by Crippen LogP contribution is 2.32. The maximum Gasteiger partial charge on any atom is 0.257 e. The summed E-state index contributed by atoms with van der Waals surface area (Å²) >= 11 is 9.32. The number of nitrogens with one attached hydrogen (secondary N) is 2. The Labute approximate surface area is 169 Å². The number of hydrogen-bond donors (Lipinski definition) is 2. The fourth-order valence-corrected chi connectivity index (χ4v) is 4.84. The van der Waals surface area contributed by atoms with Gasteiger partial charge in [-0.1, -0.05) is 34.8 Å². The van der Waals surface area contributed by atoms with Crippen molar-refractivity contribution in [2.75, 3.05) is 5.43 Å². The smallest absolute Gasteiger partial charge is 0.257 e. The van der Waals surface area contributed by atoms with Gasteiger partial charge in [0.15, 0.2) is 17.0 Å². The largest absolute Gasteiger partial charge is 0.312 e. The van der Waals surface area contributed by atoms with Crippen LogP contribution in [-0.4, -0.2) is 27.9 Å². The standard InChI is InChI=1S/C16H16BrClN6O2S/c17-10-4-3-7-12(8-10)27(25,26)23-22-14-13-15(21-16(18)20-14)24(9-19-13)11-5-1-2-6-11/h3-4,7-9,11,23H,1-2,5-6H2,(H,20,21,22). The van der Waals surface area contributed by atoms with E-state index in [1.54, 1.807) is 18.5 Å². The van der Waals surface area contributed by atoms with Gasteiger partial charge in [-0.15, -0.1) is 4.83 Å². The summed E-state index contributed by atoms with van der Waals surface area (Å²) in [4.78, 5) is 15.2. The van der Waals surface area contributed by atoms with Crippen LogP contribution in [-0.2, 0) is 10.0 Å². The van der Waals surface area contributed by atoms with Crippen LogP contribution in [0.1, 0.15) is 31.7 Å². The second-order valence-corrected chi connectivity index (χ2v) is 9.23. The zero-order valence-electron chi connectivity index (χ0n) is 14.1. The van der Waals surface area contributed by atoms with E-state index < -0.39 is 10.0 Å². The normalized spacial score (nSPS) is 15.5. The van der Waals surface area contributed by atoms with Crippen molar-refractivity contribution in [3.05, 3.63) is 40.3 Å². The quantitative estimate of drug-likeness (QED) is 0.435. The second-order valence-electron chi connectivity index (χ2n) is 6.29. The number of anilines is 1. The summed E-state index contributed by atoms with van der Waals surface area (Å²) in [7, 11) is -3.80. The molecule has 0 saturated heterocycles. The van der Waals surface area contributed by atoms with E-state index in [0.29, 0.717) is 21.7 Å². The zero-order valence-corrected chi connectivity index (χ0v) is 17.2. The third-order valence-electron chi connectivity index (χ3n) is 4.52. The Hall–Kier alpha value is -1.75. The molecule has 3 aromatic rings. The molecule has 0 bridgehead atoms. The minimum absolute atomic E-state index is 0.0198.